The standard InChI is InChI=1S/C19H20N4O2S/c1-12-5-6-16(25-12)18-22-13(2)17(26-18)19(24)23-9-8-21-11-15(23)14-4-3-7-20-10-14/h3-7,10,15,21H,8-9,11H2,1-2H3. The number of aromatic nitrogens is 2. The Morgan fingerprint density at radius 3 is 2.96 bits per heavy atom. The number of nitrogens with one attached hydrogen (secondary N) is 1. The zero-order chi connectivity index (χ0) is 18.1. The van der Waals surface area contributed by atoms with Crippen LogP contribution in [0.25, 0.3) is 10.8 Å². The van der Waals surface area contributed by atoms with Gasteiger partial charge in [0.2, 0.25) is 0 Å². The molecule has 1 fully saturated rings. The lowest BCUT2D eigenvalue weighted by molar-refractivity contribution is 0.0638. The van der Waals surface area contributed by atoms with E-state index in [1.165, 1.54) is 11.3 Å². The van der Waals surface area contributed by atoms with Gasteiger partial charge in [0, 0.05) is 32.0 Å². The van der Waals surface area contributed by atoms with Crippen LogP contribution in [0.3, 0.4) is 0 Å². The Kier molecular flexibility index (Phi) is 4.57. The van der Waals surface area contributed by atoms with Crippen molar-refractivity contribution in [3.63, 3.8) is 0 Å². The number of carbonyl (C=O) groups excluding carboxylic acids is 1. The summed E-state index contributed by atoms with van der Waals surface area (Å²) in [4.78, 5) is 24.6. The average molecular weight is 368 g/mol. The highest BCUT2D eigenvalue weighted by atomic mass is 32.1. The Hall–Kier alpha value is -2.51. The van der Waals surface area contributed by atoms with Crippen molar-refractivity contribution >= 4 is 17.2 Å². The minimum Gasteiger partial charge on any atom is -0.459 e. The molecule has 0 bridgehead atoms. The smallest absolute Gasteiger partial charge is 0.266 e. The molecule has 0 saturated carbocycles. The van der Waals surface area contributed by atoms with E-state index in [1.54, 1.807) is 6.20 Å². The Bertz CT molecular complexity index is 919. The molecule has 0 spiro atoms. The summed E-state index contributed by atoms with van der Waals surface area (Å²) in [5, 5.41) is 4.11. The first-order chi connectivity index (χ1) is 12.6. The summed E-state index contributed by atoms with van der Waals surface area (Å²) >= 11 is 1.39. The fourth-order valence-electron chi connectivity index (χ4n) is 3.20. The van der Waals surface area contributed by atoms with E-state index in [1.807, 2.05) is 49.2 Å². The first kappa shape index (κ1) is 16.9. The van der Waals surface area contributed by atoms with Crippen LogP contribution in [0.15, 0.2) is 41.1 Å². The van der Waals surface area contributed by atoms with Crippen molar-refractivity contribution in [3.8, 4) is 10.8 Å². The number of amides is 1. The summed E-state index contributed by atoms with van der Waals surface area (Å²) in [5.41, 5.74) is 1.78. The number of pyridine rings is 1. The van der Waals surface area contributed by atoms with Gasteiger partial charge in [-0.1, -0.05) is 6.07 Å². The number of hydrogen-bond donors (Lipinski definition) is 1. The molecule has 0 aromatic carbocycles. The zero-order valence-corrected chi connectivity index (χ0v) is 15.5. The summed E-state index contributed by atoms with van der Waals surface area (Å²) < 4.78 is 5.66. The molecule has 1 aliphatic heterocycles. The molecule has 1 unspecified atom stereocenters. The third-order valence-corrected chi connectivity index (χ3v) is 5.68. The lowest BCUT2D eigenvalue weighted by Gasteiger charge is -2.36. The molecule has 26 heavy (non-hydrogen) atoms. The van der Waals surface area contributed by atoms with Crippen molar-refractivity contribution in [3.05, 3.63) is 58.6 Å². The number of furan rings is 1. The minimum atomic E-state index is -0.0271. The number of carbonyl (C=O) groups is 1. The monoisotopic (exact) mass is 368 g/mol. The van der Waals surface area contributed by atoms with Gasteiger partial charge in [-0.05, 0) is 37.6 Å². The zero-order valence-electron chi connectivity index (χ0n) is 14.7. The van der Waals surface area contributed by atoms with E-state index in [-0.39, 0.29) is 11.9 Å². The maximum absolute atomic E-state index is 13.3. The highest BCUT2D eigenvalue weighted by Crippen LogP contribution is 2.32. The first-order valence-corrected chi connectivity index (χ1v) is 9.41. The van der Waals surface area contributed by atoms with Gasteiger partial charge in [-0.25, -0.2) is 4.98 Å². The second kappa shape index (κ2) is 7.01. The van der Waals surface area contributed by atoms with Gasteiger partial charge in [0.1, 0.15) is 10.6 Å². The first-order valence-electron chi connectivity index (χ1n) is 8.59. The van der Waals surface area contributed by atoms with Crippen LogP contribution < -0.4 is 5.32 Å². The van der Waals surface area contributed by atoms with Crippen LogP contribution >= 0.6 is 11.3 Å². The number of nitrogens with zero attached hydrogens (tertiary/aromatic N) is 3. The van der Waals surface area contributed by atoms with E-state index >= 15 is 0 Å². The fraction of sp³-hybridized carbons (Fsp3) is 0.316. The van der Waals surface area contributed by atoms with Crippen molar-refractivity contribution in [2.24, 2.45) is 0 Å². The van der Waals surface area contributed by atoms with E-state index in [4.69, 9.17) is 4.42 Å². The summed E-state index contributed by atoms with van der Waals surface area (Å²) in [7, 11) is 0. The van der Waals surface area contributed by atoms with E-state index in [0.717, 1.165) is 35.1 Å². The largest absolute Gasteiger partial charge is 0.459 e. The number of piperazine rings is 1. The van der Waals surface area contributed by atoms with E-state index < -0.39 is 0 Å². The SMILES string of the molecule is Cc1ccc(-c2nc(C)c(C(=O)N3CCNCC3c3cccnc3)s2)o1. The molecule has 1 atom stereocenters. The molecule has 1 N–H and O–H groups in total. The lowest BCUT2D eigenvalue weighted by atomic mass is 10.0. The van der Waals surface area contributed by atoms with Crippen LogP contribution in [0.1, 0.15) is 32.7 Å². The highest BCUT2D eigenvalue weighted by molar-refractivity contribution is 7.17. The molecule has 0 aliphatic carbocycles. The van der Waals surface area contributed by atoms with Crippen LogP contribution in [0.2, 0.25) is 0 Å². The van der Waals surface area contributed by atoms with Crippen molar-refractivity contribution < 1.29 is 9.21 Å². The second-order valence-corrected chi connectivity index (χ2v) is 7.35. The van der Waals surface area contributed by atoms with Crippen LogP contribution in [-0.4, -0.2) is 40.4 Å². The molecule has 0 radical (unpaired) electrons. The summed E-state index contributed by atoms with van der Waals surface area (Å²) in [6.07, 6.45) is 3.57. The molecule has 1 aliphatic rings. The van der Waals surface area contributed by atoms with E-state index in [2.05, 4.69) is 15.3 Å². The lowest BCUT2D eigenvalue weighted by Crippen LogP contribution is -2.48. The van der Waals surface area contributed by atoms with E-state index in [9.17, 15) is 4.79 Å². The molecular formula is C19H20N4O2S. The normalized spacial score (nSPS) is 17.5. The van der Waals surface area contributed by atoms with Gasteiger partial charge in [0.15, 0.2) is 10.8 Å². The topological polar surface area (TPSA) is 71.3 Å². The molecule has 4 rings (SSSR count). The van der Waals surface area contributed by atoms with Crippen molar-refractivity contribution in [2.75, 3.05) is 19.6 Å². The molecular weight excluding hydrogens is 348 g/mol. The Labute approximate surface area is 155 Å². The van der Waals surface area contributed by atoms with Gasteiger partial charge < -0.3 is 14.6 Å². The molecule has 134 valence electrons. The second-order valence-electron chi connectivity index (χ2n) is 6.35. The van der Waals surface area contributed by atoms with Gasteiger partial charge in [0.05, 0.1) is 11.7 Å². The van der Waals surface area contributed by atoms with Gasteiger partial charge in [-0.2, -0.15) is 0 Å². The number of thiazole rings is 1. The highest BCUT2D eigenvalue weighted by Gasteiger charge is 2.31. The Morgan fingerprint density at radius 2 is 2.23 bits per heavy atom. The minimum absolute atomic E-state index is 0.0184. The molecule has 7 heteroatoms. The summed E-state index contributed by atoms with van der Waals surface area (Å²) in [6.45, 7) is 5.94. The quantitative estimate of drug-likeness (QED) is 0.769. The van der Waals surface area contributed by atoms with Crippen molar-refractivity contribution in [1.29, 1.82) is 0 Å². The molecule has 3 aromatic rings. The van der Waals surface area contributed by atoms with E-state index in [0.29, 0.717) is 17.2 Å². The van der Waals surface area contributed by atoms with Crippen LogP contribution in [0.5, 0.6) is 0 Å². The number of rotatable bonds is 3. The predicted octanol–water partition coefficient (Wildman–Crippen LogP) is 3.20. The number of hydrogen-bond acceptors (Lipinski definition) is 6. The molecule has 4 heterocycles. The third-order valence-electron chi connectivity index (χ3n) is 4.52. The molecule has 1 amide bonds. The molecule has 3 aromatic heterocycles. The fourth-order valence-corrected chi connectivity index (χ4v) is 4.18. The third kappa shape index (κ3) is 3.15. The number of aryl methyl sites for hydroxylation is 2. The van der Waals surface area contributed by atoms with Crippen LogP contribution in [0.4, 0.5) is 0 Å². The Morgan fingerprint density at radius 1 is 1.35 bits per heavy atom. The predicted molar refractivity (Wildman–Crippen MR) is 100 cm³/mol. The van der Waals surface area contributed by atoms with Gasteiger partial charge in [-0.3, -0.25) is 9.78 Å². The molecule has 1 saturated heterocycles. The van der Waals surface area contributed by atoms with Crippen LogP contribution in [-0.2, 0) is 0 Å². The maximum Gasteiger partial charge on any atom is 0.266 e. The van der Waals surface area contributed by atoms with Gasteiger partial charge in [-0.15, -0.1) is 11.3 Å². The average Bonchev–Trinajstić information content (AvgIpc) is 3.27. The van der Waals surface area contributed by atoms with Crippen molar-refractivity contribution in [2.45, 2.75) is 19.9 Å². The summed E-state index contributed by atoms with van der Waals surface area (Å²) in [6, 6.07) is 7.69. The van der Waals surface area contributed by atoms with Crippen LogP contribution in [0, 0.1) is 13.8 Å². The Balaban J connectivity index is 1.65. The maximum atomic E-state index is 13.3. The van der Waals surface area contributed by atoms with Gasteiger partial charge in [0.25, 0.3) is 5.91 Å². The van der Waals surface area contributed by atoms with Gasteiger partial charge >= 0.3 is 0 Å². The summed E-state index contributed by atoms with van der Waals surface area (Å²) in [5.74, 6) is 1.56. The molecule has 6 nitrogen and oxygen atoms in total. The van der Waals surface area contributed by atoms with Crippen molar-refractivity contribution in [1.82, 2.24) is 20.2 Å².